The Bertz CT molecular complexity index is 242. The summed E-state index contributed by atoms with van der Waals surface area (Å²) in [6.45, 7) is 9.27. The summed E-state index contributed by atoms with van der Waals surface area (Å²) >= 11 is 0. The molecule has 0 atom stereocenters. The van der Waals surface area contributed by atoms with E-state index in [1.54, 1.807) is 0 Å². The fraction of sp³-hybridized carbons (Fsp3) is 0.923. The van der Waals surface area contributed by atoms with Crippen LogP contribution in [0.1, 0.15) is 53.4 Å². The highest BCUT2D eigenvalue weighted by molar-refractivity contribution is 5.79. The van der Waals surface area contributed by atoms with Crippen LogP contribution in [-0.2, 0) is 4.79 Å². The van der Waals surface area contributed by atoms with E-state index in [0.717, 1.165) is 32.2 Å². The zero-order valence-electron chi connectivity index (χ0n) is 11.0. The molecular formula is C13H25NO2. The molecule has 0 aliphatic heterocycles. The molecule has 0 bridgehead atoms. The Morgan fingerprint density at radius 1 is 1.44 bits per heavy atom. The third-order valence-corrected chi connectivity index (χ3v) is 4.01. The van der Waals surface area contributed by atoms with Gasteiger partial charge in [0.05, 0.1) is 0 Å². The first kappa shape index (κ1) is 13.5. The lowest BCUT2D eigenvalue weighted by atomic mass is 9.75. The van der Waals surface area contributed by atoms with E-state index in [9.17, 15) is 9.90 Å². The van der Waals surface area contributed by atoms with Gasteiger partial charge >= 0.3 is 5.97 Å². The fourth-order valence-corrected chi connectivity index (χ4v) is 3.03. The molecule has 0 amide bonds. The summed E-state index contributed by atoms with van der Waals surface area (Å²) in [6, 6.07) is 0.300. The van der Waals surface area contributed by atoms with Crippen LogP contribution in [0.4, 0.5) is 0 Å². The van der Waals surface area contributed by atoms with Crippen molar-refractivity contribution in [2.75, 3.05) is 6.54 Å². The van der Waals surface area contributed by atoms with Gasteiger partial charge in [-0.3, -0.25) is 9.69 Å². The summed E-state index contributed by atoms with van der Waals surface area (Å²) in [5.41, 5.74) is -0.602. The summed E-state index contributed by atoms with van der Waals surface area (Å²) in [5.74, 6) is 0.0493. The van der Waals surface area contributed by atoms with Gasteiger partial charge in [0.1, 0.15) is 5.54 Å². The van der Waals surface area contributed by atoms with Crippen molar-refractivity contribution >= 4 is 5.97 Å². The molecule has 1 aliphatic carbocycles. The summed E-state index contributed by atoms with van der Waals surface area (Å²) in [4.78, 5) is 13.8. The number of carboxylic acids is 1. The van der Waals surface area contributed by atoms with Crippen LogP contribution in [0.15, 0.2) is 0 Å². The van der Waals surface area contributed by atoms with Crippen molar-refractivity contribution in [2.45, 2.75) is 65.0 Å². The van der Waals surface area contributed by atoms with Crippen LogP contribution in [0.2, 0.25) is 0 Å². The van der Waals surface area contributed by atoms with E-state index in [2.05, 4.69) is 32.6 Å². The average Bonchev–Trinajstić information content (AvgIpc) is 2.21. The first-order valence-electron chi connectivity index (χ1n) is 6.44. The second kappa shape index (κ2) is 5.17. The van der Waals surface area contributed by atoms with Crippen LogP contribution in [0.3, 0.4) is 0 Å². The minimum Gasteiger partial charge on any atom is -0.480 e. The van der Waals surface area contributed by atoms with Gasteiger partial charge in [-0.05, 0) is 52.0 Å². The van der Waals surface area contributed by atoms with Crippen molar-refractivity contribution in [1.29, 1.82) is 0 Å². The molecule has 1 aliphatic rings. The quantitative estimate of drug-likeness (QED) is 0.803. The summed E-state index contributed by atoms with van der Waals surface area (Å²) < 4.78 is 0. The Balaban J connectivity index is 2.92. The summed E-state index contributed by atoms with van der Waals surface area (Å²) in [5, 5.41) is 9.58. The Morgan fingerprint density at radius 2 is 1.94 bits per heavy atom. The molecular weight excluding hydrogens is 202 g/mol. The molecule has 1 N–H and O–H groups in total. The van der Waals surface area contributed by atoms with Gasteiger partial charge in [0.2, 0.25) is 0 Å². The molecule has 0 heterocycles. The molecule has 16 heavy (non-hydrogen) atoms. The SMILES string of the molecule is CCN(C(C)C)C1(C(=O)O)CCC(C)CC1. The van der Waals surface area contributed by atoms with E-state index in [1.165, 1.54) is 0 Å². The third kappa shape index (κ3) is 2.40. The van der Waals surface area contributed by atoms with Gasteiger partial charge in [-0.2, -0.15) is 0 Å². The second-order valence-corrected chi connectivity index (χ2v) is 5.40. The molecule has 0 aromatic heterocycles. The summed E-state index contributed by atoms with van der Waals surface area (Å²) in [6.07, 6.45) is 3.68. The molecule has 0 spiro atoms. The van der Waals surface area contributed by atoms with E-state index < -0.39 is 11.5 Å². The van der Waals surface area contributed by atoms with Crippen molar-refractivity contribution in [3.8, 4) is 0 Å². The number of carbonyl (C=O) groups is 1. The average molecular weight is 227 g/mol. The van der Waals surface area contributed by atoms with Gasteiger partial charge in [-0.25, -0.2) is 0 Å². The third-order valence-electron chi connectivity index (χ3n) is 4.01. The lowest BCUT2D eigenvalue weighted by Gasteiger charge is -2.46. The minimum absolute atomic E-state index is 0.300. The minimum atomic E-state index is -0.630. The molecule has 1 fully saturated rings. The van der Waals surface area contributed by atoms with Crippen LogP contribution in [-0.4, -0.2) is 34.1 Å². The lowest BCUT2D eigenvalue weighted by Crippen LogP contribution is -2.58. The predicted molar refractivity (Wildman–Crippen MR) is 65.5 cm³/mol. The maximum atomic E-state index is 11.6. The molecule has 3 heteroatoms. The molecule has 0 aromatic rings. The van der Waals surface area contributed by atoms with Crippen LogP contribution in [0.5, 0.6) is 0 Å². The Labute approximate surface area is 98.8 Å². The normalized spacial score (nSPS) is 31.0. The van der Waals surface area contributed by atoms with Crippen molar-refractivity contribution in [3.05, 3.63) is 0 Å². The van der Waals surface area contributed by atoms with Gasteiger partial charge in [-0.15, -0.1) is 0 Å². The Hall–Kier alpha value is -0.570. The van der Waals surface area contributed by atoms with E-state index in [1.807, 2.05) is 0 Å². The largest absolute Gasteiger partial charge is 0.480 e. The first-order chi connectivity index (χ1) is 7.44. The van der Waals surface area contributed by atoms with Crippen LogP contribution in [0.25, 0.3) is 0 Å². The van der Waals surface area contributed by atoms with Gasteiger partial charge in [0, 0.05) is 6.04 Å². The van der Waals surface area contributed by atoms with E-state index in [4.69, 9.17) is 0 Å². The zero-order chi connectivity index (χ0) is 12.3. The second-order valence-electron chi connectivity index (χ2n) is 5.40. The summed E-state index contributed by atoms with van der Waals surface area (Å²) in [7, 11) is 0. The van der Waals surface area contributed by atoms with Crippen molar-refractivity contribution in [3.63, 3.8) is 0 Å². The van der Waals surface area contributed by atoms with Crippen molar-refractivity contribution in [1.82, 2.24) is 4.90 Å². The van der Waals surface area contributed by atoms with E-state index >= 15 is 0 Å². The smallest absolute Gasteiger partial charge is 0.324 e. The predicted octanol–water partition coefficient (Wildman–Crippen LogP) is 2.75. The molecule has 0 radical (unpaired) electrons. The van der Waals surface area contributed by atoms with Gasteiger partial charge in [-0.1, -0.05) is 13.8 Å². The van der Waals surface area contributed by atoms with E-state index in [0.29, 0.717) is 12.0 Å². The van der Waals surface area contributed by atoms with Crippen molar-refractivity contribution < 1.29 is 9.90 Å². The molecule has 94 valence electrons. The lowest BCUT2D eigenvalue weighted by molar-refractivity contribution is -0.156. The Morgan fingerprint density at radius 3 is 2.25 bits per heavy atom. The molecule has 3 nitrogen and oxygen atoms in total. The number of aliphatic carboxylic acids is 1. The maximum absolute atomic E-state index is 11.6. The molecule has 1 rings (SSSR count). The highest BCUT2D eigenvalue weighted by Crippen LogP contribution is 2.37. The fourth-order valence-electron chi connectivity index (χ4n) is 3.03. The highest BCUT2D eigenvalue weighted by atomic mass is 16.4. The van der Waals surface area contributed by atoms with Crippen molar-refractivity contribution in [2.24, 2.45) is 5.92 Å². The number of nitrogens with zero attached hydrogens (tertiary/aromatic N) is 1. The number of carboxylic acid groups (broad SMARTS) is 1. The molecule has 1 saturated carbocycles. The van der Waals surface area contributed by atoms with Crippen LogP contribution < -0.4 is 0 Å². The molecule has 0 saturated heterocycles. The maximum Gasteiger partial charge on any atom is 0.324 e. The topological polar surface area (TPSA) is 40.5 Å². The number of likely N-dealkylation sites (N-methyl/N-ethyl adjacent to an activating group) is 1. The zero-order valence-corrected chi connectivity index (χ0v) is 11.0. The van der Waals surface area contributed by atoms with E-state index in [-0.39, 0.29) is 0 Å². The van der Waals surface area contributed by atoms with Gasteiger partial charge < -0.3 is 5.11 Å². The van der Waals surface area contributed by atoms with Crippen LogP contribution in [0, 0.1) is 5.92 Å². The first-order valence-corrected chi connectivity index (χ1v) is 6.44. The van der Waals surface area contributed by atoms with Gasteiger partial charge in [0.25, 0.3) is 0 Å². The highest BCUT2D eigenvalue weighted by Gasteiger charge is 2.46. The molecule has 0 unspecified atom stereocenters. The Kier molecular flexibility index (Phi) is 4.36. The molecule has 0 aromatic carbocycles. The van der Waals surface area contributed by atoms with Gasteiger partial charge in [0.15, 0.2) is 0 Å². The number of rotatable bonds is 4. The monoisotopic (exact) mass is 227 g/mol. The standard InChI is InChI=1S/C13H25NO2/c1-5-14(10(2)3)13(12(15)16)8-6-11(4)7-9-13/h10-11H,5-9H2,1-4H3,(H,15,16). The number of hydrogen-bond acceptors (Lipinski definition) is 2. The van der Waals surface area contributed by atoms with Crippen LogP contribution >= 0.6 is 0 Å². The number of hydrogen-bond donors (Lipinski definition) is 1.